The monoisotopic (exact) mass is 298 g/mol. The van der Waals surface area contributed by atoms with E-state index in [0.717, 1.165) is 31.4 Å². The topological polar surface area (TPSA) is 38.0 Å². The van der Waals surface area contributed by atoms with Crippen molar-refractivity contribution in [1.29, 1.82) is 0 Å². The summed E-state index contributed by atoms with van der Waals surface area (Å²) >= 11 is 0. The van der Waals surface area contributed by atoms with Crippen LogP contribution in [0.5, 0.6) is 0 Å². The Hall–Kier alpha value is -1.07. The molecule has 2 nitrogen and oxygen atoms in total. The van der Waals surface area contributed by atoms with Crippen molar-refractivity contribution in [3.63, 3.8) is 0 Å². The van der Waals surface area contributed by atoms with Crippen LogP contribution in [-0.4, -0.2) is 18.1 Å². The summed E-state index contributed by atoms with van der Waals surface area (Å²) < 4.78 is 37.7. The molecule has 1 saturated heterocycles. The van der Waals surface area contributed by atoms with E-state index >= 15 is 0 Å². The summed E-state index contributed by atoms with van der Waals surface area (Å²) in [7, 11) is 0. The van der Waals surface area contributed by atoms with E-state index in [4.69, 9.17) is 5.73 Å². The lowest BCUT2D eigenvalue weighted by molar-refractivity contribution is -0.137. The van der Waals surface area contributed by atoms with Gasteiger partial charge in [-0.2, -0.15) is 13.2 Å². The molecule has 0 aromatic heterocycles. The Morgan fingerprint density at radius 3 is 2.57 bits per heavy atom. The van der Waals surface area contributed by atoms with Gasteiger partial charge in [-0.05, 0) is 42.9 Å². The minimum Gasteiger partial charge on any atom is -0.324 e. The molecule has 3 unspecified atom stereocenters. The molecular formula is C16H21F3N2. The van der Waals surface area contributed by atoms with Crippen molar-refractivity contribution in [2.75, 3.05) is 6.54 Å². The fourth-order valence-electron chi connectivity index (χ4n) is 3.87. The first-order valence-electron chi connectivity index (χ1n) is 7.57. The average molecular weight is 298 g/mol. The fourth-order valence-corrected chi connectivity index (χ4v) is 3.87. The van der Waals surface area contributed by atoms with Crippen LogP contribution in [0.3, 0.4) is 0 Å². The van der Waals surface area contributed by atoms with Crippen LogP contribution in [-0.2, 0) is 12.6 Å². The Morgan fingerprint density at radius 2 is 1.90 bits per heavy atom. The fraction of sp³-hybridized carbons (Fsp3) is 0.625. The van der Waals surface area contributed by atoms with Crippen LogP contribution < -0.4 is 11.1 Å². The average Bonchev–Trinajstić information content (AvgIpc) is 2.76. The van der Waals surface area contributed by atoms with Crippen LogP contribution in [0.15, 0.2) is 24.3 Å². The number of halogens is 3. The van der Waals surface area contributed by atoms with Gasteiger partial charge in [0.1, 0.15) is 0 Å². The molecule has 0 radical (unpaired) electrons. The Labute approximate surface area is 122 Å². The Bertz CT molecular complexity index is 497. The van der Waals surface area contributed by atoms with E-state index < -0.39 is 11.7 Å². The van der Waals surface area contributed by atoms with E-state index in [2.05, 4.69) is 5.32 Å². The third kappa shape index (κ3) is 2.94. The summed E-state index contributed by atoms with van der Waals surface area (Å²) in [6.07, 6.45) is 1.04. The zero-order valence-electron chi connectivity index (χ0n) is 11.9. The quantitative estimate of drug-likeness (QED) is 0.880. The van der Waals surface area contributed by atoms with Crippen molar-refractivity contribution in [3.8, 4) is 0 Å². The van der Waals surface area contributed by atoms with Crippen LogP contribution in [0.25, 0.3) is 0 Å². The van der Waals surface area contributed by atoms with Crippen molar-refractivity contribution >= 4 is 0 Å². The highest BCUT2D eigenvalue weighted by molar-refractivity contribution is 5.26. The molecule has 2 aliphatic rings. The molecule has 1 aromatic rings. The lowest BCUT2D eigenvalue weighted by Crippen LogP contribution is -2.50. The minimum atomic E-state index is -4.26. The first-order valence-corrected chi connectivity index (χ1v) is 7.57. The van der Waals surface area contributed by atoms with Gasteiger partial charge in [-0.25, -0.2) is 0 Å². The second-order valence-electron chi connectivity index (χ2n) is 6.47. The molecule has 3 atom stereocenters. The van der Waals surface area contributed by atoms with Gasteiger partial charge in [0.2, 0.25) is 0 Å². The molecule has 3 rings (SSSR count). The first-order chi connectivity index (χ1) is 9.88. The highest BCUT2D eigenvalue weighted by Gasteiger charge is 2.46. The second kappa shape index (κ2) is 5.29. The molecule has 0 bridgehead atoms. The van der Waals surface area contributed by atoms with Crippen LogP contribution in [0.2, 0.25) is 0 Å². The smallest absolute Gasteiger partial charge is 0.324 e. The molecule has 21 heavy (non-hydrogen) atoms. The maximum Gasteiger partial charge on any atom is 0.416 e. The number of benzene rings is 1. The van der Waals surface area contributed by atoms with Gasteiger partial charge >= 0.3 is 6.18 Å². The molecule has 0 amide bonds. The van der Waals surface area contributed by atoms with Crippen LogP contribution >= 0.6 is 0 Å². The molecule has 0 spiro atoms. The molecule has 1 heterocycles. The number of nitrogens with one attached hydrogen (secondary N) is 1. The van der Waals surface area contributed by atoms with Crippen molar-refractivity contribution < 1.29 is 13.2 Å². The van der Waals surface area contributed by atoms with E-state index in [0.29, 0.717) is 5.92 Å². The Morgan fingerprint density at radius 1 is 1.19 bits per heavy atom. The third-order valence-electron chi connectivity index (χ3n) is 5.06. The highest BCUT2D eigenvalue weighted by Crippen LogP contribution is 2.39. The summed E-state index contributed by atoms with van der Waals surface area (Å²) in [5.41, 5.74) is 6.72. The molecule has 3 N–H and O–H groups in total. The standard InChI is InChI=1S/C16H21F3N2/c17-16(18,19)12-6-4-11(5-7-12)9-14-13-3-1-2-8-15(13,20)10-21-14/h4-7,13-14,21H,1-3,8-10,20H2. The number of alkyl halides is 3. The summed E-state index contributed by atoms with van der Waals surface area (Å²) in [4.78, 5) is 0. The van der Waals surface area contributed by atoms with E-state index in [9.17, 15) is 13.2 Å². The van der Waals surface area contributed by atoms with Crippen molar-refractivity contribution in [2.24, 2.45) is 11.7 Å². The maximum absolute atomic E-state index is 12.6. The lowest BCUT2D eigenvalue weighted by atomic mass is 9.72. The summed E-state index contributed by atoms with van der Waals surface area (Å²) in [6, 6.07) is 5.79. The van der Waals surface area contributed by atoms with Gasteiger partial charge in [0.25, 0.3) is 0 Å². The van der Waals surface area contributed by atoms with Gasteiger partial charge in [-0.3, -0.25) is 0 Å². The largest absolute Gasteiger partial charge is 0.416 e. The van der Waals surface area contributed by atoms with E-state index in [1.165, 1.54) is 25.0 Å². The molecule has 1 aliphatic carbocycles. The normalized spacial score (nSPS) is 33.0. The molecule has 5 heteroatoms. The summed E-state index contributed by atoms with van der Waals surface area (Å²) in [5, 5.41) is 3.49. The maximum atomic E-state index is 12.6. The van der Waals surface area contributed by atoms with Crippen LogP contribution in [0.4, 0.5) is 13.2 Å². The first kappa shape index (κ1) is 14.9. The SMILES string of the molecule is NC12CCCCC1C(Cc1ccc(C(F)(F)F)cc1)NC2. The number of nitrogens with two attached hydrogens (primary N) is 1. The zero-order valence-corrected chi connectivity index (χ0v) is 11.9. The summed E-state index contributed by atoms with van der Waals surface area (Å²) in [5.74, 6) is 0.438. The number of hydrogen-bond acceptors (Lipinski definition) is 2. The van der Waals surface area contributed by atoms with Crippen molar-refractivity contribution in [2.45, 2.75) is 49.9 Å². The van der Waals surface area contributed by atoms with Crippen LogP contribution in [0.1, 0.15) is 36.8 Å². The van der Waals surface area contributed by atoms with Gasteiger partial charge < -0.3 is 11.1 Å². The number of fused-ring (bicyclic) bond motifs is 1. The molecule has 1 aliphatic heterocycles. The van der Waals surface area contributed by atoms with E-state index in [-0.39, 0.29) is 11.6 Å². The minimum absolute atomic E-state index is 0.116. The van der Waals surface area contributed by atoms with E-state index in [1.54, 1.807) is 12.1 Å². The van der Waals surface area contributed by atoms with E-state index in [1.807, 2.05) is 0 Å². The zero-order chi connectivity index (χ0) is 15.1. The molecule has 1 saturated carbocycles. The number of hydrogen-bond donors (Lipinski definition) is 2. The van der Waals surface area contributed by atoms with Crippen LogP contribution in [0, 0.1) is 5.92 Å². The predicted octanol–water partition coefficient (Wildman–Crippen LogP) is 3.11. The molecule has 116 valence electrons. The highest BCUT2D eigenvalue weighted by atomic mass is 19.4. The second-order valence-corrected chi connectivity index (χ2v) is 6.47. The van der Waals surface area contributed by atoms with Gasteiger partial charge in [-0.1, -0.05) is 25.0 Å². The van der Waals surface area contributed by atoms with Gasteiger partial charge in [0.05, 0.1) is 5.56 Å². The predicted molar refractivity (Wildman–Crippen MR) is 75.8 cm³/mol. The molecule has 2 fully saturated rings. The van der Waals surface area contributed by atoms with Gasteiger partial charge in [0, 0.05) is 18.1 Å². The molecule has 1 aromatic carbocycles. The number of rotatable bonds is 2. The Balaban J connectivity index is 1.70. The van der Waals surface area contributed by atoms with Crippen molar-refractivity contribution in [3.05, 3.63) is 35.4 Å². The van der Waals surface area contributed by atoms with Gasteiger partial charge in [0.15, 0.2) is 0 Å². The third-order valence-corrected chi connectivity index (χ3v) is 5.06. The lowest BCUT2D eigenvalue weighted by Gasteiger charge is -2.37. The van der Waals surface area contributed by atoms with Crippen molar-refractivity contribution in [1.82, 2.24) is 5.32 Å². The summed E-state index contributed by atoms with van der Waals surface area (Å²) in [6.45, 7) is 0.822. The molecular weight excluding hydrogens is 277 g/mol. The Kier molecular flexibility index (Phi) is 3.74. The van der Waals surface area contributed by atoms with Gasteiger partial charge in [-0.15, -0.1) is 0 Å².